The predicted molar refractivity (Wildman–Crippen MR) is 408 cm³/mol. The Balaban J connectivity index is 0.795. The highest BCUT2D eigenvalue weighted by Crippen LogP contribution is 2.41. The number of piperazine rings is 1. The number of ether oxygens (including phenoxy) is 5. The Morgan fingerprint density at radius 2 is 1.49 bits per heavy atom. The van der Waals surface area contributed by atoms with Gasteiger partial charge in [0, 0.05) is 132 Å². The Kier molecular flexibility index (Phi) is 30.6. The van der Waals surface area contributed by atoms with E-state index in [4.69, 9.17) is 29.1 Å². The second-order valence-corrected chi connectivity index (χ2v) is 32.4. The Bertz CT molecular complexity index is 3460. The predicted octanol–water partition coefficient (Wildman–Crippen LogP) is 12.1. The molecule has 14 atom stereocenters. The number of rotatable bonds is 25. The van der Waals surface area contributed by atoms with Crippen LogP contribution in [0.1, 0.15) is 198 Å². The summed E-state index contributed by atoms with van der Waals surface area (Å²) < 4.78 is 30.5. The number of anilines is 1. The van der Waals surface area contributed by atoms with E-state index in [9.17, 15) is 44.1 Å². The lowest BCUT2D eigenvalue weighted by Gasteiger charge is -2.47. The maximum absolute atomic E-state index is 14.8. The zero-order chi connectivity index (χ0) is 74.9. The van der Waals surface area contributed by atoms with Gasteiger partial charge in [-0.1, -0.05) is 93.8 Å². The zero-order valence-electron chi connectivity index (χ0n) is 63.7. The molecule has 9 rings (SSSR count). The molecule has 5 fully saturated rings. The number of benzene rings is 2. The third kappa shape index (κ3) is 21.5. The van der Waals surface area contributed by atoms with Crippen LogP contribution in [0.3, 0.4) is 0 Å². The number of ketones is 4. The van der Waals surface area contributed by atoms with Crippen molar-refractivity contribution < 1.29 is 67.8 Å². The molecule has 2 aromatic rings. The fraction of sp³-hybridized carbons (Fsp3) is 0.651. The number of methoxy groups -OCH3 is 3. The number of hydrogen-bond donors (Lipinski definition) is 6. The van der Waals surface area contributed by atoms with Crippen molar-refractivity contribution in [3.8, 4) is 11.1 Å². The standard InChI is InChI=1S/C83H120N6O14S/c1-51-37-52(2)41-76(100-10)79-77(101-11)43-56(6)83(98,103-79)80(95)81(96)89-30-15-14-20-69(89)82(97)102-78(55(5)42-60-23-27-71(91)75(44-60)99-9)58(8)72(92)47-73(93)62(39-51)17-16-35-104-36-29-57(7)85-50-88-33-31-87(32-34-88)49-59-21-24-61(25-22-59)63-45-66(67(48-84)68(46-63)86-64-18-12-13-19-64)70(90)28-26-65-54(4)38-53(3)40-74(65)94/h21-22,24-25,38-39,42,45-46,48,52,56,58,60,62,64,69,71-72,75-79,84-86,91-92,98H,7,12-20,23,26-37,40-41,43-44,47,49-50H2,1-6,8-11H3/b51-39+,55-42+,84-48?/t52-,56+,58+,60-,62+,69-,71+,72-,75+,76-,77-,78+,79+,83+/m0/s1. The normalized spacial score (nSPS) is 30.8. The highest BCUT2D eigenvalue weighted by molar-refractivity contribution is 7.99. The maximum atomic E-state index is 14.8. The summed E-state index contributed by atoms with van der Waals surface area (Å²) in [6.45, 7) is 22.9. The molecule has 6 N–H and O–H groups in total. The summed E-state index contributed by atoms with van der Waals surface area (Å²) in [5.41, 5.74) is 10.3. The number of thioether (sulfide) groups is 1. The number of cyclic esters (lactones) is 1. The second kappa shape index (κ2) is 38.7. The van der Waals surface area contributed by atoms with Gasteiger partial charge in [0.2, 0.25) is 5.79 Å². The van der Waals surface area contributed by atoms with Crippen molar-refractivity contribution in [3.63, 3.8) is 0 Å². The first-order valence-electron chi connectivity index (χ1n) is 38.5. The van der Waals surface area contributed by atoms with Gasteiger partial charge in [-0.2, -0.15) is 11.8 Å². The van der Waals surface area contributed by atoms with E-state index in [2.05, 4.69) is 64.3 Å². The minimum absolute atomic E-state index is 0.0296. The molecular formula is C83H120N6O14S. The van der Waals surface area contributed by atoms with Crippen molar-refractivity contribution in [3.05, 3.63) is 111 Å². The number of allylic oxidation sites excluding steroid dienone is 8. The number of aliphatic hydroxyl groups excluding tert-OH is 2. The SMILES string of the molecule is C=C(CCSCCC[C@@H]1/C=C(\C)C[C@H](C)C[C@H](OC)[C@H]2O[C@@](O)(C(=O)C(=O)N3CCCC[C@H]3C(=O)O[C@H](/C(C)=C/[C@@H]3CC[C@@H](O)[C@H](OC)C3)[C@H](C)[C@@H](O)CC1=O)[C@H](C)C[C@@H]2OC)NCN1CCN(Cc2ccc(-c3cc(NC4CCCC4)c(C=N)c(C(=O)CCC4=C(C)C=C(C)CC4=O)c3)cc2)CC1. The van der Waals surface area contributed by atoms with E-state index < -0.39 is 90.0 Å². The quantitative estimate of drug-likeness (QED) is 0.0135. The van der Waals surface area contributed by atoms with Crippen LogP contribution in [0.5, 0.6) is 0 Å². The lowest BCUT2D eigenvalue weighted by atomic mass is 9.81. The molecule has 104 heavy (non-hydrogen) atoms. The first-order chi connectivity index (χ1) is 49.8. The summed E-state index contributed by atoms with van der Waals surface area (Å²) in [4.78, 5) is 91.8. The number of Topliss-reactive ketones (excluding diaryl/α,β-unsaturated/α-hetero) is 4. The summed E-state index contributed by atoms with van der Waals surface area (Å²) in [5.74, 6) is -6.23. The second-order valence-electron chi connectivity index (χ2n) is 31.2. The van der Waals surface area contributed by atoms with Crippen LogP contribution in [-0.2, 0) is 54.2 Å². The molecule has 3 saturated heterocycles. The van der Waals surface area contributed by atoms with Crippen molar-refractivity contribution in [1.29, 1.82) is 5.41 Å². The van der Waals surface area contributed by atoms with Gasteiger partial charge in [0.05, 0.1) is 37.2 Å². The Morgan fingerprint density at radius 1 is 0.798 bits per heavy atom. The number of nitrogens with one attached hydrogen (secondary N) is 3. The number of amides is 1. The highest BCUT2D eigenvalue weighted by Gasteiger charge is 2.57. The largest absolute Gasteiger partial charge is 0.456 e. The molecule has 0 unspecified atom stereocenters. The van der Waals surface area contributed by atoms with Gasteiger partial charge in [-0.25, -0.2) is 4.79 Å². The van der Waals surface area contributed by atoms with Crippen molar-refractivity contribution in [2.45, 2.75) is 244 Å². The molecule has 4 heterocycles. The lowest BCUT2D eigenvalue weighted by Crippen LogP contribution is -2.64. The average Bonchev–Trinajstić information content (AvgIpc) is 0.812. The van der Waals surface area contributed by atoms with Crippen LogP contribution in [0.25, 0.3) is 11.1 Å². The molecular weight excluding hydrogens is 1340 g/mol. The molecule has 0 spiro atoms. The summed E-state index contributed by atoms with van der Waals surface area (Å²) in [5, 5.41) is 51.0. The van der Waals surface area contributed by atoms with E-state index in [1.54, 1.807) is 35.2 Å². The minimum atomic E-state index is -2.55. The molecule has 0 aromatic heterocycles. The van der Waals surface area contributed by atoms with Crippen molar-refractivity contribution >= 4 is 58.7 Å². The van der Waals surface area contributed by atoms with Crippen molar-refractivity contribution in [1.82, 2.24) is 20.0 Å². The van der Waals surface area contributed by atoms with Crippen LogP contribution in [-0.4, -0.2) is 204 Å². The van der Waals surface area contributed by atoms with E-state index >= 15 is 0 Å². The smallest absolute Gasteiger partial charge is 0.329 e. The number of piperidine rings is 1. The highest BCUT2D eigenvalue weighted by atomic mass is 32.2. The molecule has 572 valence electrons. The van der Waals surface area contributed by atoms with Crippen LogP contribution >= 0.6 is 11.8 Å². The van der Waals surface area contributed by atoms with Crippen LogP contribution in [0, 0.1) is 35.0 Å². The monoisotopic (exact) mass is 1460 g/mol. The average molecular weight is 1460 g/mol. The van der Waals surface area contributed by atoms with E-state index in [-0.39, 0.29) is 61.4 Å². The number of fused-ring (bicyclic) bond motifs is 3. The van der Waals surface area contributed by atoms with E-state index in [0.29, 0.717) is 93.6 Å². The number of aliphatic hydroxyl groups is 3. The topological polar surface area (TPSA) is 267 Å². The summed E-state index contributed by atoms with van der Waals surface area (Å²) in [6, 6.07) is 11.7. The summed E-state index contributed by atoms with van der Waals surface area (Å²) >= 11 is 1.82. The molecule has 7 aliphatic rings. The third-order valence-corrected chi connectivity index (χ3v) is 24.2. The molecule has 4 aliphatic heterocycles. The Hall–Kier alpha value is -5.98. The molecule has 2 saturated carbocycles. The first kappa shape index (κ1) is 82.1. The number of hydrogen-bond acceptors (Lipinski definition) is 20. The molecule has 2 bridgehead atoms. The molecule has 20 nitrogen and oxygen atoms in total. The summed E-state index contributed by atoms with van der Waals surface area (Å²) in [6.07, 6.45) is 13.4. The number of esters is 1. The minimum Gasteiger partial charge on any atom is -0.456 e. The molecule has 21 heteroatoms. The van der Waals surface area contributed by atoms with Gasteiger partial charge in [0.1, 0.15) is 24.0 Å². The molecule has 0 radical (unpaired) electrons. The fourth-order valence-electron chi connectivity index (χ4n) is 16.9. The van der Waals surface area contributed by atoms with Crippen LogP contribution in [0.15, 0.2) is 94.8 Å². The Labute approximate surface area is 622 Å². The third-order valence-electron chi connectivity index (χ3n) is 23.2. The Morgan fingerprint density at radius 3 is 2.18 bits per heavy atom. The first-order valence-corrected chi connectivity index (χ1v) is 39.7. The van der Waals surface area contributed by atoms with Gasteiger partial charge in [-0.05, 0) is 193 Å². The van der Waals surface area contributed by atoms with Gasteiger partial charge in [0.15, 0.2) is 11.6 Å². The summed E-state index contributed by atoms with van der Waals surface area (Å²) in [7, 11) is 4.66. The molecule has 1 amide bonds. The van der Waals surface area contributed by atoms with Gasteiger partial charge in [-0.15, -0.1) is 0 Å². The van der Waals surface area contributed by atoms with E-state index in [1.165, 1.54) is 16.7 Å². The number of nitrogens with zero attached hydrogens (tertiary/aromatic N) is 3. The van der Waals surface area contributed by atoms with Crippen LogP contribution < -0.4 is 10.6 Å². The lowest BCUT2D eigenvalue weighted by molar-refractivity contribution is -0.302. The molecule has 2 aromatic carbocycles. The van der Waals surface area contributed by atoms with Gasteiger partial charge < -0.3 is 59.9 Å². The van der Waals surface area contributed by atoms with Crippen molar-refractivity contribution in [2.75, 3.05) is 77.5 Å². The number of carbonyl (C=O) groups excluding carboxylic acids is 6. The van der Waals surface area contributed by atoms with Crippen LogP contribution in [0.2, 0.25) is 0 Å². The van der Waals surface area contributed by atoms with Crippen LogP contribution in [0.4, 0.5) is 5.69 Å². The van der Waals surface area contributed by atoms with Gasteiger partial charge in [-0.3, -0.25) is 33.8 Å². The van der Waals surface area contributed by atoms with Gasteiger partial charge >= 0.3 is 5.97 Å². The number of carbonyl (C=O) groups is 6. The zero-order valence-corrected chi connectivity index (χ0v) is 64.5. The van der Waals surface area contributed by atoms with Crippen molar-refractivity contribution in [2.24, 2.45) is 29.6 Å². The maximum Gasteiger partial charge on any atom is 0.329 e. The fourth-order valence-corrected chi connectivity index (χ4v) is 17.8. The van der Waals surface area contributed by atoms with E-state index in [0.717, 1.165) is 128 Å². The van der Waals surface area contributed by atoms with Gasteiger partial charge in [0.25, 0.3) is 11.7 Å². The van der Waals surface area contributed by atoms with E-state index in [1.807, 2.05) is 63.8 Å². The molecule has 3 aliphatic carbocycles.